The highest BCUT2D eigenvalue weighted by molar-refractivity contribution is 7.89. The van der Waals surface area contributed by atoms with Crippen molar-refractivity contribution < 1.29 is 8.42 Å². The summed E-state index contributed by atoms with van der Waals surface area (Å²) in [7, 11) is -3.67. The number of aromatic nitrogens is 3. The van der Waals surface area contributed by atoms with Crippen molar-refractivity contribution in [1.29, 1.82) is 0 Å². The van der Waals surface area contributed by atoms with E-state index in [0.29, 0.717) is 16.6 Å². The van der Waals surface area contributed by atoms with Gasteiger partial charge in [-0.15, -0.1) is 0 Å². The molecule has 0 spiro atoms. The molecule has 7 heteroatoms. The maximum Gasteiger partial charge on any atom is 0.241 e. The second-order valence-corrected chi connectivity index (χ2v) is 10.2. The summed E-state index contributed by atoms with van der Waals surface area (Å²) >= 11 is 0. The summed E-state index contributed by atoms with van der Waals surface area (Å²) in [6, 6.07) is 10.2. The van der Waals surface area contributed by atoms with Gasteiger partial charge in [-0.05, 0) is 81.0 Å². The number of nitrogens with one attached hydrogen (secondary N) is 1. The van der Waals surface area contributed by atoms with Crippen LogP contribution in [0.25, 0.3) is 11.4 Å². The number of hydrogen-bond acceptors (Lipinski definition) is 4. The predicted molar refractivity (Wildman–Crippen MR) is 122 cm³/mol. The fraction of sp³-hybridized carbons (Fsp3) is 0.417. The molecule has 0 bridgehead atoms. The molecule has 6 nitrogen and oxygen atoms in total. The van der Waals surface area contributed by atoms with Gasteiger partial charge in [0.05, 0.1) is 34.6 Å². The smallest absolute Gasteiger partial charge is 0.241 e. The maximum absolute atomic E-state index is 13.2. The van der Waals surface area contributed by atoms with E-state index in [1.54, 1.807) is 6.20 Å². The summed E-state index contributed by atoms with van der Waals surface area (Å²) < 4.78 is 31.3. The minimum atomic E-state index is -3.67. The van der Waals surface area contributed by atoms with Crippen LogP contribution in [0.5, 0.6) is 0 Å². The van der Waals surface area contributed by atoms with Crippen LogP contribution in [-0.4, -0.2) is 23.2 Å². The number of sulfonamides is 1. The van der Waals surface area contributed by atoms with Crippen LogP contribution in [0.4, 0.5) is 0 Å². The van der Waals surface area contributed by atoms with Gasteiger partial charge in [-0.25, -0.2) is 13.1 Å². The molecule has 164 valence electrons. The van der Waals surface area contributed by atoms with E-state index in [4.69, 9.17) is 5.10 Å². The highest BCUT2D eigenvalue weighted by Crippen LogP contribution is 2.33. The lowest BCUT2D eigenvalue weighted by Gasteiger charge is -2.16. The van der Waals surface area contributed by atoms with Crippen LogP contribution < -0.4 is 4.72 Å². The number of aryl methyl sites for hydroxylation is 2. The van der Waals surface area contributed by atoms with Gasteiger partial charge < -0.3 is 0 Å². The van der Waals surface area contributed by atoms with Gasteiger partial charge in [-0.3, -0.25) is 9.67 Å². The molecule has 31 heavy (non-hydrogen) atoms. The van der Waals surface area contributed by atoms with Crippen LogP contribution in [0.2, 0.25) is 0 Å². The molecule has 0 radical (unpaired) electrons. The second kappa shape index (κ2) is 8.55. The van der Waals surface area contributed by atoms with Gasteiger partial charge in [0.1, 0.15) is 0 Å². The van der Waals surface area contributed by atoms with Crippen LogP contribution >= 0.6 is 0 Å². The number of pyridine rings is 1. The Bertz CT molecular complexity index is 1170. The normalized spacial score (nSPS) is 15.0. The van der Waals surface area contributed by atoms with Crippen LogP contribution in [0.15, 0.2) is 41.4 Å². The molecule has 2 heterocycles. The Hall–Kier alpha value is -2.51. The highest BCUT2D eigenvalue weighted by atomic mass is 32.2. The number of benzene rings is 1. The van der Waals surface area contributed by atoms with E-state index < -0.39 is 10.0 Å². The molecule has 1 aliphatic rings. The Morgan fingerprint density at radius 2 is 1.71 bits per heavy atom. The standard InChI is InChI=1S/C24H30N4O2S/c1-16-13-17(2)19(4)24(18(16)3)31(29,30)26-15-20-14-23(22-11-7-8-12-25-22)28(27-20)21-9-5-6-10-21/h7-8,11-14,21,26H,5-6,9-10,15H2,1-4H3. The third kappa shape index (κ3) is 4.29. The first-order valence-electron chi connectivity index (χ1n) is 10.8. The van der Waals surface area contributed by atoms with E-state index in [2.05, 4.69) is 9.71 Å². The fourth-order valence-electron chi connectivity index (χ4n) is 4.49. The SMILES string of the molecule is Cc1cc(C)c(C)c(S(=O)(=O)NCc2cc(-c3ccccn3)n(C3CCCC3)n2)c1C. The molecular formula is C24H30N4O2S. The van der Waals surface area contributed by atoms with Gasteiger partial charge in [0.25, 0.3) is 0 Å². The minimum absolute atomic E-state index is 0.147. The van der Waals surface area contributed by atoms with Gasteiger partial charge in [-0.1, -0.05) is 25.0 Å². The van der Waals surface area contributed by atoms with E-state index in [-0.39, 0.29) is 6.54 Å². The van der Waals surface area contributed by atoms with Crippen LogP contribution in [0.1, 0.15) is 59.7 Å². The van der Waals surface area contributed by atoms with Crippen LogP contribution in [-0.2, 0) is 16.6 Å². The molecular weight excluding hydrogens is 408 g/mol. The summed E-state index contributed by atoms with van der Waals surface area (Å²) in [5, 5.41) is 4.80. The molecule has 1 aromatic carbocycles. The molecule has 3 aromatic rings. The maximum atomic E-state index is 13.2. The van der Waals surface area contributed by atoms with Crippen molar-refractivity contribution in [2.75, 3.05) is 0 Å². The minimum Gasteiger partial charge on any atom is -0.260 e. The Balaban J connectivity index is 1.65. The highest BCUT2D eigenvalue weighted by Gasteiger charge is 2.25. The zero-order chi connectivity index (χ0) is 22.2. The predicted octanol–water partition coefficient (Wildman–Crippen LogP) is 4.77. The quantitative estimate of drug-likeness (QED) is 0.601. The lowest BCUT2D eigenvalue weighted by atomic mass is 10.0. The average molecular weight is 439 g/mol. The topological polar surface area (TPSA) is 76.9 Å². The zero-order valence-corrected chi connectivity index (χ0v) is 19.5. The van der Waals surface area contributed by atoms with E-state index >= 15 is 0 Å². The largest absolute Gasteiger partial charge is 0.260 e. The molecule has 1 saturated carbocycles. The van der Waals surface area contributed by atoms with E-state index in [1.165, 1.54) is 12.8 Å². The Kier molecular flexibility index (Phi) is 5.99. The van der Waals surface area contributed by atoms with Crippen molar-refractivity contribution in [3.8, 4) is 11.4 Å². The lowest BCUT2D eigenvalue weighted by molar-refractivity contribution is 0.466. The van der Waals surface area contributed by atoms with Crippen molar-refractivity contribution in [3.05, 3.63) is 64.5 Å². The Morgan fingerprint density at radius 1 is 1.03 bits per heavy atom. The van der Waals surface area contributed by atoms with Gasteiger partial charge in [-0.2, -0.15) is 5.10 Å². The summed E-state index contributed by atoms with van der Waals surface area (Å²) in [5.74, 6) is 0. The first-order valence-corrected chi connectivity index (χ1v) is 12.3. The number of nitrogens with zero attached hydrogens (tertiary/aromatic N) is 3. The van der Waals surface area contributed by atoms with Crippen molar-refractivity contribution >= 4 is 10.0 Å². The lowest BCUT2D eigenvalue weighted by Crippen LogP contribution is -2.25. The summed E-state index contributed by atoms with van der Waals surface area (Å²) in [5.41, 5.74) is 6.05. The van der Waals surface area contributed by atoms with E-state index in [1.807, 2.05) is 62.7 Å². The van der Waals surface area contributed by atoms with E-state index in [9.17, 15) is 8.42 Å². The van der Waals surface area contributed by atoms with Crippen LogP contribution in [0.3, 0.4) is 0 Å². The molecule has 0 atom stereocenters. The summed E-state index contributed by atoms with van der Waals surface area (Å²) in [6.07, 6.45) is 6.34. The molecule has 0 saturated heterocycles. The molecule has 1 fully saturated rings. The van der Waals surface area contributed by atoms with Crippen molar-refractivity contribution in [2.24, 2.45) is 0 Å². The molecule has 0 amide bonds. The first-order chi connectivity index (χ1) is 14.8. The average Bonchev–Trinajstić information content (AvgIpc) is 3.41. The van der Waals surface area contributed by atoms with Gasteiger partial charge >= 0.3 is 0 Å². The molecule has 1 N–H and O–H groups in total. The van der Waals surface area contributed by atoms with Crippen molar-refractivity contribution in [3.63, 3.8) is 0 Å². The third-order valence-electron chi connectivity index (χ3n) is 6.39. The second-order valence-electron chi connectivity index (χ2n) is 8.53. The monoisotopic (exact) mass is 438 g/mol. The molecule has 1 aliphatic carbocycles. The molecule has 2 aromatic heterocycles. The fourth-order valence-corrected chi connectivity index (χ4v) is 6.10. The first kappa shape index (κ1) is 21.7. The van der Waals surface area contributed by atoms with Gasteiger partial charge in [0.2, 0.25) is 10.0 Å². The van der Waals surface area contributed by atoms with E-state index in [0.717, 1.165) is 46.5 Å². The summed E-state index contributed by atoms with van der Waals surface area (Å²) in [4.78, 5) is 4.87. The van der Waals surface area contributed by atoms with Crippen LogP contribution in [0, 0.1) is 27.7 Å². The summed E-state index contributed by atoms with van der Waals surface area (Å²) in [6.45, 7) is 7.77. The van der Waals surface area contributed by atoms with Crippen molar-refractivity contribution in [1.82, 2.24) is 19.5 Å². The van der Waals surface area contributed by atoms with Crippen molar-refractivity contribution in [2.45, 2.75) is 70.9 Å². The molecule has 0 unspecified atom stereocenters. The third-order valence-corrected chi connectivity index (χ3v) is 8.07. The Morgan fingerprint density at radius 3 is 2.32 bits per heavy atom. The van der Waals surface area contributed by atoms with Gasteiger partial charge in [0, 0.05) is 6.20 Å². The Labute approximate surface area is 184 Å². The molecule has 0 aliphatic heterocycles. The molecule has 4 rings (SSSR count). The number of rotatable bonds is 6. The zero-order valence-electron chi connectivity index (χ0n) is 18.6. The number of hydrogen-bond donors (Lipinski definition) is 1. The van der Waals surface area contributed by atoms with Gasteiger partial charge in [0.15, 0.2) is 0 Å².